The summed E-state index contributed by atoms with van der Waals surface area (Å²) >= 11 is 6.05. The number of nitrogens with zero attached hydrogens (tertiary/aromatic N) is 2. The molecular formula is C21H19ClN4O3. The Morgan fingerprint density at radius 1 is 1.14 bits per heavy atom. The maximum Gasteiger partial charge on any atom is 0.287 e. The Morgan fingerprint density at radius 3 is 2.52 bits per heavy atom. The summed E-state index contributed by atoms with van der Waals surface area (Å²) in [4.78, 5) is 36.7. The van der Waals surface area contributed by atoms with E-state index in [4.69, 9.17) is 17.3 Å². The van der Waals surface area contributed by atoms with E-state index in [1.807, 2.05) is 6.07 Å². The van der Waals surface area contributed by atoms with Crippen LogP contribution in [0.3, 0.4) is 0 Å². The number of hydrogen-bond acceptors (Lipinski definition) is 4. The number of nitrogens with two attached hydrogens (primary N) is 1. The third-order valence-corrected chi connectivity index (χ3v) is 4.55. The van der Waals surface area contributed by atoms with Crippen LogP contribution in [-0.4, -0.2) is 33.4 Å². The summed E-state index contributed by atoms with van der Waals surface area (Å²) in [5.74, 6) is -2.51. The van der Waals surface area contributed by atoms with E-state index >= 15 is 0 Å². The van der Waals surface area contributed by atoms with Gasteiger partial charge in [-0.15, -0.1) is 0 Å². The van der Waals surface area contributed by atoms with Gasteiger partial charge in [0.25, 0.3) is 11.8 Å². The summed E-state index contributed by atoms with van der Waals surface area (Å²) in [6.07, 6.45) is 1.68. The molecule has 0 aliphatic rings. The van der Waals surface area contributed by atoms with Gasteiger partial charge in [-0.05, 0) is 17.7 Å². The number of ketones is 1. The van der Waals surface area contributed by atoms with Crippen LogP contribution < -0.4 is 11.1 Å². The minimum absolute atomic E-state index is 0.140. The fourth-order valence-corrected chi connectivity index (χ4v) is 3.16. The number of primary amides is 1. The number of rotatable bonds is 7. The van der Waals surface area contributed by atoms with Gasteiger partial charge < -0.3 is 11.1 Å². The highest BCUT2D eigenvalue weighted by Crippen LogP contribution is 2.24. The van der Waals surface area contributed by atoms with Crippen LogP contribution >= 0.6 is 11.6 Å². The van der Waals surface area contributed by atoms with E-state index < -0.39 is 23.6 Å². The van der Waals surface area contributed by atoms with Crippen LogP contribution in [0.4, 0.5) is 0 Å². The fraction of sp³-hybridized carbons (Fsp3) is 0.143. The lowest BCUT2D eigenvalue weighted by molar-refractivity contribution is -0.137. The van der Waals surface area contributed by atoms with Crippen molar-refractivity contribution in [3.8, 4) is 11.3 Å². The molecule has 0 aliphatic carbocycles. The maximum atomic E-state index is 13.0. The fourth-order valence-electron chi connectivity index (χ4n) is 2.97. The van der Waals surface area contributed by atoms with Gasteiger partial charge in [-0.25, -0.2) is 0 Å². The number of carbonyl (C=O) groups excluding carboxylic acids is 3. The van der Waals surface area contributed by atoms with Crippen LogP contribution in [0.25, 0.3) is 11.3 Å². The molecule has 8 heteroatoms. The molecule has 3 N–H and O–H groups in total. The average Bonchev–Trinajstić information content (AvgIpc) is 3.09. The molecule has 7 nitrogen and oxygen atoms in total. The Hall–Kier alpha value is -3.45. The number of halogens is 1. The van der Waals surface area contributed by atoms with Crippen LogP contribution in [0.15, 0.2) is 60.8 Å². The molecule has 148 valence electrons. The molecule has 0 radical (unpaired) electrons. The molecule has 1 aromatic heterocycles. The van der Waals surface area contributed by atoms with E-state index in [1.54, 1.807) is 61.8 Å². The lowest BCUT2D eigenvalue weighted by Gasteiger charge is -2.16. The van der Waals surface area contributed by atoms with E-state index in [1.165, 1.54) is 4.68 Å². The molecule has 0 spiro atoms. The van der Waals surface area contributed by atoms with E-state index in [0.717, 1.165) is 5.56 Å². The Bertz CT molecular complexity index is 1060. The summed E-state index contributed by atoms with van der Waals surface area (Å²) < 4.78 is 1.49. The summed E-state index contributed by atoms with van der Waals surface area (Å²) in [5.41, 5.74) is 7.29. The smallest absolute Gasteiger partial charge is 0.287 e. The number of nitrogens with one attached hydrogen (secondary N) is 1. The Kier molecular flexibility index (Phi) is 6.09. The van der Waals surface area contributed by atoms with Crippen molar-refractivity contribution in [2.24, 2.45) is 12.8 Å². The number of benzene rings is 2. The van der Waals surface area contributed by atoms with Crippen LogP contribution in [-0.2, 0) is 23.1 Å². The number of amides is 2. The van der Waals surface area contributed by atoms with E-state index in [-0.39, 0.29) is 12.0 Å². The molecule has 0 fully saturated rings. The van der Waals surface area contributed by atoms with Crippen LogP contribution in [0.5, 0.6) is 0 Å². The van der Waals surface area contributed by atoms with Crippen molar-refractivity contribution in [1.29, 1.82) is 0 Å². The Balaban J connectivity index is 1.90. The zero-order valence-electron chi connectivity index (χ0n) is 15.6. The third kappa shape index (κ3) is 4.89. The number of aromatic nitrogens is 2. The Labute approximate surface area is 172 Å². The molecule has 1 heterocycles. The summed E-state index contributed by atoms with van der Waals surface area (Å²) in [7, 11) is 1.68. The van der Waals surface area contributed by atoms with Crippen molar-refractivity contribution < 1.29 is 14.4 Å². The van der Waals surface area contributed by atoms with Gasteiger partial charge in [0.2, 0.25) is 5.78 Å². The zero-order chi connectivity index (χ0) is 21.0. The lowest BCUT2D eigenvalue weighted by Crippen LogP contribution is -2.47. The second-order valence-electron chi connectivity index (χ2n) is 6.52. The predicted octanol–water partition coefficient (Wildman–Crippen LogP) is 2.14. The van der Waals surface area contributed by atoms with Crippen molar-refractivity contribution in [3.05, 3.63) is 76.9 Å². The van der Waals surface area contributed by atoms with Crippen molar-refractivity contribution in [2.75, 3.05) is 0 Å². The van der Waals surface area contributed by atoms with Gasteiger partial charge in [0.15, 0.2) is 0 Å². The lowest BCUT2D eigenvalue weighted by atomic mass is 10.0. The predicted molar refractivity (Wildman–Crippen MR) is 109 cm³/mol. The third-order valence-electron chi connectivity index (χ3n) is 4.32. The van der Waals surface area contributed by atoms with E-state index in [9.17, 15) is 14.4 Å². The number of aryl methyl sites for hydroxylation is 1. The molecule has 3 aromatic rings. The number of hydrogen-bond donors (Lipinski definition) is 2. The topological polar surface area (TPSA) is 107 Å². The molecule has 3 rings (SSSR count). The van der Waals surface area contributed by atoms with Gasteiger partial charge >= 0.3 is 0 Å². The van der Waals surface area contributed by atoms with Crippen molar-refractivity contribution in [2.45, 2.75) is 12.5 Å². The highest BCUT2D eigenvalue weighted by atomic mass is 35.5. The molecule has 0 unspecified atom stereocenters. The van der Waals surface area contributed by atoms with E-state index in [0.29, 0.717) is 16.3 Å². The van der Waals surface area contributed by atoms with Crippen molar-refractivity contribution in [3.63, 3.8) is 0 Å². The molecule has 0 saturated carbocycles. The van der Waals surface area contributed by atoms with Gasteiger partial charge in [-0.3, -0.25) is 19.1 Å². The minimum Gasteiger partial charge on any atom is -0.363 e. The van der Waals surface area contributed by atoms with E-state index in [2.05, 4.69) is 10.4 Å². The second kappa shape index (κ2) is 8.70. The molecule has 2 aromatic carbocycles. The first-order chi connectivity index (χ1) is 13.8. The first kappa shape index (κ1) is 20.3. The molecular weight excluding hydrogens is 392 g/mol. The summed E-state index contributed by atoms with van der Waals surface area (Å²) in [6, 6.07) is 14.9. The van der Waals surface area contributed by atoms with Crippen molar-refractivity contribution >= 4 is 29.2 Å². The highest BCUT2D eigenvalue weighted by molar-refractivity contribution is 6.38. The molecule has 1 atom stereocenters. The Morgan fingerprint density at radius 2 is 1.86 bits per heavy atom. The summed E-state index contributed by atoms with van der Waals surface area (Å²) in [6.45, 7) is 0. The number of carbonyl (C=O) groups is 3. The standard InChI is InChI=1S/C21H19ClN4O3/c1-26-12-16(18(25-26)14-8-5-9-15(22)11-14)21(29)24-17(19(27)20(23)28)10-13-6-3-2-4-7-13/h2-9,11-12,17H,10H2,1H3,(H2,23,28)(H,24,29)/t17-/m0/s1. The monoisotopic (exact) mass is 410 g/mol. The first-order valence-corrected chi connectivity index (χ1v) is 9.21. The molecule has 29 heavy (non-hydrogen) atoms. The SMILES string of the molecule is Cn1cc(C(=O)N[C@@H](Cc2ccccc2)C(=O)C(N)=O)c(-c2cccc(Cl)c2)n1. The van der Waals surface area contributed by atoms with Gasteiger partial charge in [0, 0.05) is 30.3 Å². The molecule has 2 amide bonds. The average molecular weight is 411 g/mol. The van der Waals surface area contributed by atoms with Gasteiger partial charge in [0.1, 0.15) is 11.7 Å². The maximum absolute atomic E-state index is 13.0. The first-order valence-electron chi connectivity index (χ1n) is 8.83. The van der Waals surface area contributed by atoms with Gasteiger partial charge in [-0.1, -0.05) is 54.1 Å². The van der Waals surface area contributed by atoms with Crippen LogP contribution in [0, 0.1) is 0 Å². The summed E-state index contributed by atoms with van der Waals surface area (Å²) in [5, 5.41) is 7.47. The highest BCUT2D eigenvalue weighted by Gasteiger charge is 2.27. The molecule has 0 bridgehead atoms. The zero-order valence-corrected chi connectivity index (χ0v) is 16.4. The van der Waals surface area contributed by atoms with Crippen molar-refractivity contribution in [1.82, 2.24) is 15.1 Å². The number of Topliss-reactive ketones (excluding diaryl/α,β-unsaturated/α-hetero) is 1. The normalized spacial score (nSPS) is 11.7. The minimum atomic E-state index is -1.10. The molecule has 0 saturated heterocycles. The molecule has 0 aliphatic heterocycles. The largest absolute Gasteiger partial charge is 0.363 e. The quantitative estimate of drug-likeness (QED) is 0.582. The second-order valence-corrected chi connectivity index (χ2v) is 6.96. The van der Waals surface area contributed by atoms with Gasteiger partial charge in [0.05, 0.1) is 5.56 Å². The van der Waals surface area contributed by atoms with Gasteiger partial charge in [-0.2, -0.15) is 5.10 Å². The van der Waals surface area contributed by atoms with Crippen LogP contribution in [0.1, 0.15) is 15.9 Å². The van der Waals surface area contributed by atoms with Crippen LogP contribution in [0.2, 0.25) is 5.02 Å².